The molecular formula is C21H20O5S. The quantitative estimate of drug-likeness (QED) is 0.522. The molecule has 0 aromatic heterocycles. The van der Waals surface area contributed by atoms with Crippen molar-refractivity contribution in [1.82, 2.24) is 0 Å². The van der Waals surface area contributed by atoms with Crippen LogP contribution in [-0.4, -0.2) is 14.7 Å². The standard InChI is InChI=1S/C21H20O5S/c1-16-7-10-19(11-8-16)27(23,24)26-21-13-18(14-22)9-12-20(21)25-15-17-5-3-2-4-6-17/h2-7,9-10,12-14H,8,11,15H2,1H3. The van der Waals surface area contributed by atoms with Gasteiger partial charge in [0.1, 0.15) is 12.9 Å². The van der Waals surface area contributed by atoms with Crippen molar-refractivity contribution < 1.29 is 22.1 Å². The van der Waals surface area contributed by atoms with Gasteiger partial charge in [-0.05, 0) is 49.6 Å². The summed E-state index contributed by atoms with van der Waals surface area (Å²) in [6.45, 7) is 2.20. The first-order valence-electron chi connectivity index (χ1n) is 8.55. The number of rotatable bonds is 7. The van der Waals surface area contributed by atoms with Crippen molar-refractivity contribution in [2.24, 2.45) is 0 Å². The lowest BCUT2D eigenvalue weighted by Crippen LogP contribution is -2.14. The van der Waals surface area contributed by atoms with Gasteiger partial charge >= 0.3 is 10.1 Å². The highest BCUT2D eigenvalue weighted by Crippen LogP contribution is 2.33. The van der Waals surface area contributed by atoms with Crippen LogP contribution in [0.25, 0.3) is 0 Å². The number of carbonyl (C=O) groups excluding carboxylic acids is 1. The maximum absolute atomic E-state index is 12.6. The fourth-order valence-electron chi connectivity index (χ4n) is 2.62. The van der Waals surface area contributed by atoms with Gasteiger partial charge in [-0.2, -0.15) is 8.42 Å². The number of allylic oxidation sites excluding steroid dienone is 4. The van der Waals surface area contributed by atoms with Gasteiger partial charge in [-0.25, -0.2) is 0 Å². The number of aldehydes is 1. The first kappa shape index (κ1) is 18.9. The molecule has 140 valence electrons. The van der Waals surface area contributed by atoms with Gasteiger partial charge in [0.25, 0.3) is 0 Å². The van der Waals surface area contributed by atoms with Crippen LogP contribution in [0.15, 0.2) is 71.2 Å². The topological polar surface area (TPSA) is 69.7 Å². The van der Waals surface area contributed by atoms with Gasteiger partial charge in [-0.3, -0.25) is 4.79 Å². The number of carbonyl (C=O) groups is 1. The van der Waals surface area contributed by atoms with Crippen molar-refractivity contribution in [3.05, 3.63) is 82.3 Å². The summed E-state index contributed by atoms with van der Waals surface area (Å²) in [7, 11) is -3.97. The molecule has 5 nitrogen and oxygen atoms in total. The highest BCUT2D eigenvalue weighted by molar-refractivity contribution is 7.91. The lowest BCUT2D eigenvalue weighted by Gasteiger charge is -2.16. The molecule has 6 heteroatoms. The van der Waals surface area contributed by atoms with E-state index in [-0.39, 0.29) is 23.0 Å². The molecule has 0 unspecified atom stereocenters. The molecule has 0 N–H and O–H groups in total. The smallest absolute Gasteiger partial charge is 0.335 e. The Hall–Kier alpha value is -2.86. The maximum atomic E-state index is 12.6. The highest BCUT2D eigenvalue weighted by atomic mass is 32.2. The maximum Gasteiger partial charge on any atom is 0.335 e. The van der Waals surface area contributed by atoms with E-state index in [9.17, 15) is 13.2 Å². The van der Waals surface area contributed by atoms with Crippen LogP contribution in [0.5, 0.6) is 11.5 Å². The van der Waals surface area contributed by atoms with Gasteiger partial charge in [-0.1, -0.05) is 42.0 Å². The zero-order valence-corrected chi connectivity index (χ0v) is 15.7. The summed E-state index contributed by atoms with van der Waals surface area (Å²) in [5.41, 5.74) is 2.35. The van der Waals surface area contributed by atoms with Crippen LogP contribution >= 0.6 is 0 Å². The summed E-state index contributed by atoms with van der Waals surface area (Å²) in [6, 6.07) is 13.9. The van der Waals surface area contributed by atoms with Crippen LogP contribution in [0.4, 0.5) is 0 Å². The van der Waals surface area contributed by atoms with Gasteiger partial charge in [0.05, 0.1) is 4.91 Å². The fraction of sp³-hybridized carbons (Fsp3) is 0.190. The molecular weight excluding hydrogens is 364 g/mol. The molecule has 0 spiro atoms. The Bertz CT molecular complexity index is 988. The Morgan fingerprint density at radius 3 is 2.44 bits per heavy atom. The van der Waals surface area contributed by atoms with E-state index in [2.05, 4.69) is 0 Å². The van der Waals surface area contributed by atoms with Crippen molar-refractivity contribution >= 4 is 16.4 Å². The minimum atomic E-state index is -3.97. The van der Waals surface area contributed by atoms with Crippen LogP contribution in [0.3, 0.4) is 0 Å². The molecule has 0 amide bonds. The highest BCUT2D eigenvalue weighted by Gasteiger charge is 2.23. The molecule has 0 atom stereocenters. The van der Waals surface area contributed by atoms with Gasteiger partial charge in [0.2, 0.25) is 0 Å². The van der Waals surface area contributed by atoms with E-state index < -0.39 is 10.1 Å². The average molecular weight is 384 g/mol. The van der Waals surface area contributed by atoms with Crippen LogP contribution < -0.4 is 8.92 Å². The summed E-state index contributed by atoms with van der Waals surface area (Å²) < 4.78 is 36.3. The van der Waals surface area contributed by atoms with Crippen LogP contribution in [-0.2, 0) is 16.7 Å². The summed E-state index contributed by atoms with van der Waals surface area (Å²) in [5, 5.41) is 0. The SMILES string of the molecule is CC1=CC=C(S(=O)(=O)Oc2cc(C=O)ccc2OCc2ccccc2)CC1. The predicted octanol–water partition coefficient (Wildman–Crippen LogP) is 4.41. The third-order valence-corrected chi connectivity index (χ3v) is 5.56. The first-order chi connectivity index (χ1) is 13.0. The minimum Gasteiger partial charge on any atom is -0.485 e. The van der Waals surface area contributed by atoms with Gasteiger partial charge in [0, 0.05) is 5.56 Å². The Kier molecular flexibility index (Phi) is 5.76. The molecule has 0 heterocycles. The molecule has 0 fully saturated rings. The van der Waals surface area contributed by atoms with Crippen molar-refractivity contribution in [2.75, 3.05) is 0 Å². The molecule has 27 heavy (non-hydrogen) atoms. The Morgan fingerprint density at radius 1 is 1.00 bits per heavy atom. The molecule has 2 aromatic carbocycles. The minimum absolute atomic E-state index is 0.00251. The molecule has 1 aliphatic rings. The number of benzene rings is 2. The molecule has 0 aliphatic heterocycles. The number of hydrogen-bond acceptors (Lipinski definition) is 5. The van der Waals surface area contributed by atoms with Gasteiger partial charge in [-0.15, -0.1) is 0 Å². The van der Waals surface area contributed by atoms with E-state index in [0.717, 1.165) is 11.1 Å². The Morgan fingerprint density at radius 2 is 1.78 bits per heavy atom. The van der Waals surface area contributed by atoms with Crippen molar-refractivity contribution in [3.63, 3.8) is 0 Å². The van der Waals surface area contributed by atoms with E-state index in [1.165, 1.54) is 12.1 Å². The van der Waals surface area contributed by atoms with E-state index in [1.54, 1.807) is 18.2 Å². The summed E-state index contributed by atoms with van der Waals surface area (Å²) in [4.78, 5) is 11.3. The second-order valence-electron chi connectivity index (χ2n) is 6.28. The lowest BCUT2D eigenvalue weighted by atomic mass is 10.1. The molecule has 2 aromatic rings. The van der Waals surface area contributed by atoms with Crippen LogP contribution in [0, 0.1) is 0 Å². The van der Waals surface area contributed by atoms with E-state index in [1.807, 2.05) is 37.3 Å². The third kappa shape index (κ3) is 4.86. The van der Waals surface area contributed by atoms with Gasteiger partial charge in [0.15, 0.2) is 11.5 Å². The van der Waals surface area contributed by atoms with Crippen molar-refractivity contribution in [3.8, 4) is 11.5 Å². The lowest BCUT2D eigenvalue weighted by molar-refractivity contribution is 0.112. The summed E-state index contributed by atoms with van der Waals surface area (Å²) in [6.07, 6.45) is 5.02. The molecule has 3 rings (SSSR count). The normalized spacial score (nSPS) is 14.1. The third-order valence-electron chi connectivity index (χ3n) is 4.18. The molecule has 0 saturated carbocycles. The number of hydrogen-bond donors (Lipinski definition) is 0. The monoisotopic (exact) mass is 384 g/mol. The van der Waals surface area contributed by atoms with Crippen molar-refractivity contribution in [2.45, 2.75) is 26.4 Å². The Balaban J connectivity index is 1.85. The summed E-state index contributed by atoms with van der Waals surface area (Å²) in [5.74, 6) is 0.263. The average Bonchev–Trinajstić information content (AvgIpc) is 2.68. The van der Waals surface area contributed by atoms with Crippen molar-refractivity contribution in [1.29, 1.82) is 0 Å². The van der Waals surface area contributed by atoms with Crippen LogP contribution in [0.2, 0.25) is 0 Å². The largest absolute Gasteiger partial charge is 0.485 e. The molecule has 0 radical (unpaired) electrons. The fourth-order valence-corrected chi connectivity index (χ4v) is 3.68. The predicted molar refractivity (Wildman–Crippen MR) is 103 cm³/mol. The van der Waals surface area contributed by atoms with E-state index in [0.29, 0.717) is 24.7 Å². The molecule has 0 bridgehead atoms. The van der Waals surface area contributed by atoms with Gasteiger partial charge < -0.3 is 8.92 Å². The first-order valence-corrected chi connectivity index (χ1v) is 9.95. The van der Waals surface area contributed by atoms with Crippen LogP contribution in [0.1, 0.15) is 35.7 Å². The zero-order valence-electron chi connectivity index (χ0n) is 14.9. The van der Waals surface area contributed by atoms with E-state index >= 15 is 0 Å². The number of ether oxygens (including phenoxy) is 1. The zero-order chi connectivity index (χ0) is 19.3. The van der Waals surface area contributed by atoms with E-state index in [4.69, 9.17) is 8.92 Å². The Labute approximate surface area is 159 Å². The molecule has 0 saturated heterocycles. The second kappa shape index (κ2) is 8.22. The second-order valence-corrected chi connectivity index (χ2v) is 7.88. The summed E-state index contributed by atoms with van der Waals surface area (Å²) >= 11 is 0. The molecule has 1 aliphatic carbocycles.